The lowest BCUT2D eigenvalue weighted by Gasteiger charge is -2.12. The molecule has 118 valence electrons. The molecule has 0 saturated heterocycles. The van der Waals surface area contributed by atoms with E-state index in [1.165, 1.54) is 6.07 Å². The van der Waals surface area contributed by atoms with Crippen molar-refractivity contribution in [1.82, 2.24) is 4.98 Å². The summed E-state index contributed by atoms with van der Waals surface area (Å²) in [6.07, 6.45) is -1.59. The highest BCUT2D eigenvalue weighted by Gasteiger charge is 2.16. The number of benzene rings is 1. The summed E-state index contributed by atoms with van der Waals surface area (Å²) in [5.74, 6) is -0.178. The van der Waals surface area contributed by atoms with E-state index in [1.54, 1.807) is 0 Å². The molecular weight excluding hydrogens is 310 g/mol. The Balaban J connectivity index is 2.17. The molecule has 0 aliphatic carbocycles. The Morgan fingerprint density at radius 2 is 1.77 bits per heavy atom. The largest absolute Gasteiger partial charge is 0.282 e. The first-order valence-electron chi connectivity index (χ1n) is 6.58. The summed E-state index contributed by atoms with van der Waals surface area (Å²) in [6, 6.07) is 7.92. The Labute approximate surface area is 128 Å². The molecule has 0 unspecified atom stereocenters. The number of anilines is 1. The molecule has 1 aromatic heterocycles. The first-order valence-corrected chi connectivity index (χ1v) is 8.23. The van der Waals surface area contributed by atoms with Crippen LogP contribution in [0.4, 0.5) is 14.5 Å². The summed E-state index contributed by atoms with van der Waals surface area (Å²) in [7, 11) is -3.64. The van der Waals surface area contributed by atoms with Crippen LogP contribution in [-0.2, 0) is 15.8 Å². The number of aryl methyl sites for hydroxylation is 2. The lowest BCUT2D eigenvalue weighted by atomic mass is 10.1. The van der Waals surface area contributed by atoms with Crippen molar-refractivity contribution in [3.63, 3.8) is 0 Å². The Morgan fingerprint density at radius 1 is 1.14 bits per heavy atom. The lowest BCUT2D eigenvalue weighted by molar-refractivity contribution is 0.146. The maximum Gasteiger partial charge on any atom is 0.280 e. The molecule has 0 spiro atoms. The summed E-state index contributed by atoms with van der Waals surface area (Å²) in [5.41, 5.74) is 2.27. The van der Waals surface area contributed by atoms with Gasteiger partial charge in [0.25, 0.3) is 6.43 Å². The minimum absolute atomic E-state index is 0.163. The molecule has 0 aliphatic rings. The van der Waals surface area contributed by atoms with Crippen molar-refractivity contribution in [2.45, 2.75) is 26.0 Å². The molecule has 7 heteroatoms. The fourth-order valence-corrected chi connectivity index (χ4v) is 3.46. The minimum atomic E-state index is -3.64. The number of rotatable bonds is 5. The fourth-order valence-electron chi connectivity index (χ4n) is 2.08. The van der Waals surface area contributed by atoms with Gasteiger partial charge in [-0.15, -0.1) is 0 Å². The van der Waals surface area contributed by atoms with Gasteiger partial charge in [0.15, 0.2) is 0 Å². The van der Waals surface area contributed by atoms with Crippen molar-refractivity contribution in [3.8, 4) is 0 Å². The molecule has 1 N–H and O–H groups in total. The second kappa shape index (κ2) is 6.39. The minimum Gasteiger partial charge on any atom is -0.282 e. The zero-order valence-electron chi connectivity index (χ0n) is 12.2. The van der Waals surface area contributed by atoms with Crippen molar-refractivity contribution < 1.29 is 17.2 Å². The standard InChI is InChI=1S/C15H16F2N2O2S/c1-10-4-3-5-11(2)13(10)9-22(20,21)19-12-6-7-14(15(16)17)18-8-12/h3-8,15,19H,9H2,1-2H3. The van der Waals surface area contributed by atoms with Crippen molar-refractivity contribution >= 4 is 15.7 Å². The van der Waals surface area contributed by atoms with Crippen molar-refractivity contribution in [2.75, 3.05) is 4.72 Å². The van der Waals surface area contributed by atoms with Gasteiger partial charge in [-0.25, -0.2) is 17.2 Å². The molecule has 1 heterocycles. The van der Waals surface area contributed by atoms with Crippen LogP contribution in [0, 0.1) is 13.8 Å². The molecule has 0 amide bonds. The average Bonchev–Trinajstić information content (AvgIpc) is 2.43. The highest BCUT2D eigenvalue weighted by Crippen LogP contribution is 2.20. The van der Waals surface area contributed by atoms with Gasteiger partial charge in [0.05, 0.1) is 17.6 Å². The van der Waals surface area contributed by atoms with Crippen LogP contribution in [0.15, 0.2) is 36.5 Å². The van der Waals surface area contributed by atoms with E-state index in [0.29, 0.717) is 0 Å². The lowest BCUT2D eigenvalue weighted by Crippen LogP contribution is -2.16. The van der Waals surface area contributed by atoms with Gasteiger partial charge in [-0.05, 0) is 42.7 Å². The van der Waals surface area contributed by atoms with Crippen LogP contribution in [0.1, 0.15) is 28.8 Å². The van der Waals surface area contributed by atoms with Gasteiger partial charge in [0, 0.05) is 0 Å². The molecule has 0 radical (unpaired) electrons. The zero-order valence-corrected chi connectivity index (χ0v) is 13.0. The number of pyridine rings is 1. The molecule has 0 saturated carbocycles. The normalized spacial score (nSPS) is 11.7. The third-order valence-electron chi connectivity index (χ3n) is 3.26. The fraction of sp³-hybridized carbons (Fsp3) is 0.267. The molecule has 2 rings (SSSR count). The highest BCUT2D eigenvalue weighted by atomic mass is 32.2. The first kappa shape index (κ1) is 16.4. The smallest absolute Gasteiger partial charge is 0.280 e. The van der Waals surface area contributed by atoms with E-state index in [4.69, 9.17) is 0 Å². The van der Waals surface area contributed by atoms with Crippen LogP contribution in [0.25, 0.3) is 0 Å². The number of nitrogens with one attached hydrogen (secondary N) is 1. The van der Waals surface area contributed by atoms with Crippen LogP contribution in [0.3, 0.4) is 0 Å². The van der Waals surface area contributed by atoms with Gasteiger partial charge >= 0.3 is 0 Å². The quantitative estimate of drug-likeness (QED) is 0.913. The van der Waals surface area contributed by atoms with Crippen LogP contribution in [-0.4, -0.2) is 13.4 Å². The molecule has 22 heavy (non-hydrogen) atoms. The van der Waals surface area contributed by atoms with E-state index < -0.39 is 22.1 Å². The molecule has 1 aromatic carbocycles. The topological polar surface area (TPSA) is 59.1 Å². The van der Waals surface area contributed by atoms with Crippen LogP contribution in [0.2, 0.25) is 0 Å². The molecule has 2 aromatic rings. The Hall–Kier alpha value is -2.02. The van der Waals surface area contributed by atoms with Crippen LogP contribution >= 0.6 is 0 Å². The number of aromatic nitrogens is 1. The first-order chi connectivity index (χ1) is 10.3. The summed E-state index contributed by atoms with van der Waals surface area (Å²) in [6.45, 7) is 3.69. The van der Waals surface area contributed by atoms with E-state index in [1.807, 2.05) is 32.0 Å². The molecule has 0 atom stereocenters. The molecule has 0 fully saturated rings. The van der Waals surface area contributed by atoms with Gasteiger partial charge in [0.1, 0.15) is 5.69 Å². The third-order valence-corrected chi connectivity index (χ3v) is 4.48. The van der Waals surface area contributed by atoms with Gasteiger partial charge in [0.2, 0.25) is 10.0 Å². The maximum atomic E-state index is 12.4. The highest BCUT2D eigenvalue weighted by molar-refractivity contribution is 7.91. The Morgan fingerprint density at radius 3 is 2.27 bits per heavy atom. The van der Waals surface area contributed by atoms with Crippen molar-refractivity contribution in [2.24, 2.45) is 0 Å². The van der Waals surface area contributed by atoms with Crippen molar-refractivity contribution in [3.05, 3.63) is 58.9 Å². The summed E-state index contributed by atoms with van der Waals surface area (Å²) in [5, 5.41) is 0. The van der Waals surface area contributed by atoms with E-state index in [0.717, 1.165) is 29.0 Å². The predicted octanol–water partition coefficient (Wildman–Crippen LogP) is 3.58. The molecular formula is C15H16F2N2O2S. The number of hydrogen-bond acceptors (Lipinski definition) is 3. The number of hydrogen-bond donors (Lipinski definition) is 1. The second-order valence-corrected chi connectivity index (χ2v) is 6.73. The zero-order chi connectivity index (χ0) is 16.3. The molecule has 0 bridgehead atoms. The monoisotopic (exact) mass is 326 g/mol. The van der Waals surface area contributed by atoms with Gasteiger partial charge in [-0.1, -0.05) is 18.2 Å². The van der Waals surface area contributed by atoms with E-state index >= 15 is 0 Å². The third kappa shape index (κ3) is 4.00. The number of sulfonamides is 1. The predicted molar refractivity (Wildman–Crippen MR) is 81.4 cm³/mol. The van der Waals surface area contributed by atoms with Gasteiger partial charge in [-0.3, -0.25) is 9.71 Å². The van der Waals surface area contributed by atoms with Crippen molar-refractivity contribution in [1.29, 1.82) is 0 Å². The van der Waals surface area contributed by atoms with E-state index in [-0.39, 0.29) is 11.4 Å². The van der Waals surface area contributed by atoms with E-state index in [2.05, 4.69) is 9.71 Å². The van der Waals surface area contributed by atoms with Gasteiger partial charge < -0.3 is 0 Å². The van der Waals surface area contributed by atoms with Crippen LogP contribution < -0.4 is 4.72 Å². The Kier molecular flexibility index (Phi) is 4.75. The Bertz CT molecular complexity index is 739. The second-order valence-electron chi connectivity index (χ2n) is 5.00. The number of nitrogens with zero attached hydrogens (tertiary/aromatic N) is 1. The number of halogens is 2. The summed E-state index contributed by atoms with van der Waals surface area (Å²) < 4.78 is 51.6. The molecule has 4 nitrogen and oxygen atoms in total. The molecule has 0 aliphatic heterocycles. The summed E-state index contributed by atoms with van der Waals surface area (Å²) in [4.78, 5) is 3.53. The van der Waals surface area contributed by atoms with E-state index in [9.17, 15) is 17.2 Å². The van der Waals surface area contributed by atoms with Gasteiger partial charge in [-0.2, -0.15) is 0 Å². The number of alkyl halides is 2. The average molecular weight is 326 g/mol. The SMILES string of the molecule is Cc1cccc(C)c1CS(=O)(=O)Nc1ccc(C(F)F)nc1. The maximum absolute atomic E-state index is 12.4. The summed E-state index contributed by atoms with van der Waals surface area (Å²) >= 11 is 0. The van der Waals surface area contributed by atoms with Crippen LogP contribution in [0.5, 0.6) is 0 Å².